The SMILES string of the molecule is CCCCCCCCCCCCCCCCCCCCCCCCCCCCCCC(=O)OCC(O)COC(OCC[N+](C)(C)C)C(=O)[O-]. The third kappa shape index (κ3) is 37.9. The molecule has 0 spiro atoms. The minimum Gasteiger partial charge on any atom is -0.545 e. The van der Waals surface area contributed by atoms with Crippen LogP contribution in [0.5, 0.6) is 0 Å². The molecule has 49 heavy (non-hydrogen) atoms. The van der Waals surface area contributed by atoms with Gasteiger partial charge in [0.1, 0.15) is 19.3 Å². The summed E-state index contributed by atoms with van der Waals surface area (Å²) in [5.74, 6) is -1.86. The first kappa shape index (κ1) is 47.8. The monoisotopic (exact) mass is 700 g/mol. The Labute approximate surface area is 303 Å². The van der Waals surface area contributed by atoms with Crippen molar-refractivity contribution in [2.75, 3.05) is 47.5 Å². The highest BCUT2D eigenvalue weighted by Gasteiger charge is 2.17. The van der Waals surface area contributed by atoms with Gasteiger partial charge in [0.15, 0.2) is 6.29 Å². The molecule has 0 saturated carbocycles. The van der Waals surface area contributed by atoms with E-state index in [1.165, 1.54) is 161 Å². The number of carboxylic acid groups (broad SMARTS) is 1. The van der Waals surface area contributed by atoms with Crippen molar-refractivity contribution < 1.29 is 38.5 Å². The van der Waals surface area contributed by atoms with Gasteiger partial charge in [-0.3, -0.25) is 4.79 Å². The molecule has 8 heteroatoms. The predicted molar refractivity (Wildman–Crippen MR) is 200 cm³/mol. The first-order chi connectivity index (χ1) is 23.7. The van der Waals surface area contributed by atoms with Gasteiger partial charge in [0, 0.05) is 6.42 Å². The van der Waals surface area contributed by atoms with E-state index in [-0.39, 0.29) is 25.8 Å². The standard InChI is InChI=1S/C41H81NO7/c1-5-6-7-8-9-10-11-12-13-14-15-16-17-18-19-20-21-22-23-24-25-26-27-28-29-30-31-32-33-39(44)48-36-38(43)37-49-41(40(45)46)47-35-34-42(2,3)4/h38,41,43H,5-37H2,1-4H3. The Bertz CT molecular complexity index is 727. The van der Waals surface area contributed by atoms with Crippen LogP contribution in [0.1, 0.15) is 193 Å². The van der Waals surface area contributed by atoms with Crippen molar-refractivity contribution >= 4 is 11.9 Å². The van der Waals surface area contributed by atoms with E-state index in [2.05, 4.69) is 6.92 Å². The first-order valence-electron chi connectivity index (χ1n) is 20.7. The molecule has 0 aromatic heterocycles. The summed E-state index contributed by atoms with van der Waals surface area (Å²) in [7, 11) is 5.88. The maximum absolute atomic E-state index is 12.0. The van der Waals surface area contributed by atoms with Gasteiger partial charge in [-0.25, -0.2) is 0 Å². The average molecular weight is 700 g/mol. The molecular formula is C41H81NO7. The number of unbranched alkanes of at least 4 members (excludes halogenated alkanes) is 27. The number of hydrogen-bond donors (Lipinski definition) is 1. The van der Waals surface area contributed by atoms with E-state index >= 15 is 0 Å². The number of esters is 1. The Morgan fingerprint density at radius 1 is 0.551 bits per heavy atom. The number of carboxylic acids is 1. The molecule has 0 bridgehead atoms. The molecule has 1 N–H and O–H groups in total. The summed E-state index contributed by atoms with van der Waals surface area (Å²) in [6, 6.07) is 0. The summed E-state index contributed by atoms with van der Waals surface area (Å²) >= 11 is 0. The van der Waals surface area contributed by atoms with Crippen LogP contribution >= 0.6 is 0 Å². The number of carbonyl (C=O) groups is 2. The van der Waals surface area contributed by atoms with Crippen LogP contribution in [0.15, 0.2) is 0 Å². The zero-order valence-corrected chi connectivity index (χ0v) is 32.8. The Morgan fingerprint density at radius 2 is 0.898 bits per heavy atom. The molecule has 0 saturated heterocycles. The van der Waals surface area contributed by atoms with E-state index in [0.29, 0.717) is 17.4 Å². The van der Waals surface area contributed by atoms with E-state index in [4.69, 9.17) is 14.2 Å². The molecule has 2 atom stereocenters. The number of aliphatic hydroxyl groups excluding tert-OH is 1. The largest absolute Gasteiger partial charge is 0.545 e. The number of carbonyl (C=O) groups excluding carboxylic acids is 2. The topological polar surface area (TPSA) is 105 Å². The summed E-state index contributed by atoms with van der Waals surface area (Å²) in [6.07, 6.45) is 35.6. The molecule has 0 aromatic rings. The minimum absolute atomic E-state index is 0.174. The molecular weight excluding hydrogens is 618 g/mol. The summed E-state index contributed by atoms with van der Waals surface area (Å²) in [4.78, 5) is 23.2. The molecule has 0 aliphatic rings. The van der Waals surface area contributed by atoms with E-state index < -0.39 is 18.4 Å². The molecule has 0 radical (unpaired) electrons. The quantitative estimate of drug-likeness (QED) is 0.0295. The lowest BCUT2D eigenvalue weighted by Gasteiger charge is -2.26. The van der Waals surface area contributed by atoms with Gasteiger partial charge in [0.2, 0.25) is 0 Å². The number of ether oxygens (including phenoxy) is 3. The van der Waals surface area contributed by atoms with Crippen LogP contribution in [0.25, 0.3) is 0 Å². The number of aliphatic carboxylic acids is 1. The molecule has 292 valence electrons. The van der Waals surface area contributed by atoms with Crippen LogP contribution in [0.2, 0.25) is 0 Å². The number of nitrogens with zero attached hydrogens (tertiary/aromatic N) is 1. The molecule has 0 rings (SSSR count). The fraction of sp³-hybridized carbons (Fsp3) is 0.951. The third-order valence-corrected chi connectivity index (χ3v) is 9.33. The number of rotatable bonds is 39. The van der Waals surface area contributed by atoms with E-state index in [1.54, 1.807) is 0 Å². The molecule has 0 heterocycles. The number of aliphatic hydroxyl groups is 1. The van der Waals surface area contributed by atoms with Crippen LogP contribution in [0.3, 0.4) is 0 Å². The van der Waals surface area contributed by atoms with E-state index in [1.807, 2.05) is 21.1 Å². The Morgan fingerprint density at radius 3 is 1.22 bits per heavy atom. The molecule has 0 amide bonds. The van der Waals surface area contributed by atoms with Gasteiger partial charge in [-0.2, -0.15) is 0 Å². The minimum atomic E-state index is -1.57. The lowest BCUT2D eigenvalue weighted by molar-refractivity contribution is -0.870. The molecule has 0 aliphatic carbocycles. The van der Waals surface area contributed by atoms with Crippen LogP contribution < -0.4 is 5.11 Å². The normalized spacial score (nSPS) is 13.1. The fourth-order valence-electron chi connectivity index (χ4n) is 6.06. The molecule has 0 aromatic carbocycles. The summed E-state index contributed by atoms with van der Waals surface area (Å²) in [5.41, 5.74) is 0. The van der Waals surface area contributed by atoms with Crippen LogP contribution in [-0.4, -0.2) is 81.4 Å². The van der Waals surface area contributed by atoms with E-state index in [9.17, 15) is 19.8 Å². The fourth-order valence-corrected chi connectivity index (χ4v) is 6.06. The van der Waals surface area contributed by atoms with Crippen molar-refractivity contribution in [3.8, 4) is 0 Å². The van der Waals surface area contributed by atoms with Crippen molar-refractivity contribution in [3.05, 3.63) is 0 Å². The first-order valence-corrected chi connectivity index (χ1v) is 20.7. The second-order valence-corrected chi connectivity index (χ2v) is 15.5. The average Bonchev–Trinajstić information content (AvgIpc) is 3.05. The van der Waals surface area contributed by atoms with Gasteiger partial charge in [0.25, 0.3) is 0 Å². The predicted octanol–water partition coefficient (Wildman–Crippen LogP) is 9.04. The maximum atomic E-state index is 12.0. The Hall–Kier alpha value is -1.22. The third-order valence-electron chi connectivity index (χ3n) is 9.33. The number of hydrogen-bond acceptors (Lipinski definition) is 7. The van der Waals surface area contributed by atoms with Gasteiger partial charge in [-0.1, -0.05) is 180 Å². The van der Waals surface area contributed by atoms with E-state index in [0.717, 1.165) is 19.3 Å². The van der Waals surface area contributed by atoms with Gasteiger partial charge in [-0.15, -0.1) is 0 Å². The Kier molecular flexibility index (Phi) is 34.3. The van der Waals surface area contributed by atoms with Crippen LogP contribution in [0.4, 0.5) is 0 Å². The second-order valence-electron chi connectivity index (χ2n) is 15.5. The maximum Gasteiger partial charge on any atom is 0.305 e. The molecule has 0 aliphatic heterocycles. The lowest BCUT2D eigenvalue weighted by Crippen LogP contribution is -2.44. The van der Waals surface area contributed by atoms with Gasteiger partial charge >= 0.3 is 5.97 Å². The summed E-state index contributed by atoms with van der Waals surface area (Å²) in [5, 5.41) is 21.2. The summed E-state index contributed by atoms with van der Waals surface area (Å²) < 4.78 is 16.0. The van der Waals surface area contributed by atoms with Gasteiger partial charge in [-0.05, 0) is 6.42 Å². The zero-order chi connectivity index (χ0) is 36.3. The molecule has 0 fully saturated rings. The zero-order valence-electron chi connectivity index (χ0n) is 32.8. The highest BCUT2D eigenvalue weighted by Crippen LogP contribution is 2.16. The highest BCUT2D eigenvalue weighted by atomic mass is 16.7. The van der Waals surface area contributed by atoms with Crippen molar-refractivity contribution in [2.24, 2.45) is 0 Å². The lowest BCUT2D eigenvalue weighted by atomic mass is 10.0. The second kappa shape index (κ2) is 35.2. The van der Waals surface area contributed by atoms with Gasteiger partial charge in [0.05, 0.1) is 40.3 Å². The van der Waals surface area contributed by atoms with Crippen molar-refractivity contribution in [1.82, 2.24) is 0 Å². The molecule has 8 nitrogen and oxygen atoms in total. The highest BCUT2D eigenvalue weighted by molar-refractivity contribution is 5.69. The number of quaternary nitrogens is 1. The smallest absolute Gasteiger partial charge is 0.305 e. The van der Waals surface area contributed by atoms with Crippen molar-refractivity contribution in [2.45, 2.75) is 206 Å². The Balaban J connectivity index is 3.37. The van der Waals surface area contributed by atoms with Crippen molar-refractivity contribution in [3.63, 3.8) is 0 Å². The summed E-state index contributed by atoms with van der Waals surface area (Å²) in [6.45, 7) is 2.49. The molecule has 2 unspecified atom stereocenters. The number of likely N-dealkylation sites (N-methyl/N-ethyl adjacent to an activating group) is 1. The van der Waals surface area contributed by atoms with Crippen molar-refractivity contribution in [1.29, 1.82) is 0 Å². The van der Waals surface area contributed by atoms with Gasteiger partial charge < -0.3 is 33.7 Å². The van der Waals surface area contributed by atoms with Crippen LogP contribution in [-0.2, 0) is 23.8 Å². The van der Waals surface area contributed by atoms with Crippen LogP contribution in [0, 0.1) is 0 Å².